The molecule has 4 nitrogen and oxygen atoms in total. The van der Waals surface area contributed by atoms with E-state index < -0.39 is 5.97 Å². The number of carbonyl (C=O) groups is 1. The predicted octanol–water partition coefficient (Wildman–Crippen LogP) is 4.36. The molecule has 0 atom stereocenters. The summed E-state index contributed by atoms with van der Waals surface area (Å²) in [7, 11) is 0. The number of esters is 1. The van der Waals surface area contributed by atoms with Crippen molar-refractivity contribution in [2.45, 2.75) is 9.79 Å². The molecule has 0 aliphatic carbocycles. The Balaban J connectivity index is 1.65. The predicted molar refractivity (Wildman–Crippen MR) is 82.3 cm³/mol. The maximum absolute atomic E-state index is 11.7. The molecule has 22 heavy (non-hydrogen) atoms. The van der Waals surface area contributed by atoms with Crippen LogP contribution in [-0.4, -0.2) is 11.1 Å². The van der Waals surface area contributed by atoms with Gasteiger partial charge in [0.1, 0.15) is 11.5 Å². The maximum atomic E-state index is 11.7. The number of ether oxygens (including phenoxy) is 1. The van der Waals surface area contributed by atoms with Crippen LogP contribution in [0.4, 0.5) is 0 Å². The summed E-state index contributed by atoms with van der Waals surface area (Å²) in [4.78, 5) is 13.8. The SMILES string of the molecule is O=C(Oc1ccc(Sc2ccc(O)cc2)cc1)c1ccco1. The van der Waals surface area contributed by atoms with Gasteiger partial charge >= 0.3 is 5.97 Å². The Labute approximate surface area is 131 Å². The standard InChI is InChI=1S/C17H12O4S/c18-12-3-7-14(8-4-12)22-15-9-5-13(6-10-15)21-17(19)16-2-1-11-20-16/h1-11,18H. The molecule has 0 aliphatic heterocycles. The highest BCUT2D eigenvalue weighted by molar-refractivity contribution is 7.99. The maximum Gasteiger partial charge on any atom is 0.379 e. The third kappa shape index (κ3) is 3.51. The molecule has 5 heteroatoms. The van der Waals surface area contributed by atoms with Crippen molar-refractivity contribution in [2.24, 2.45) is 0 Å². The molecule has 0 radical (unpaired) electrons. The Hall–Kier alpha value is -2.66. The topological polar surface area (TPSA) is 59.7 Å². The van der Waals surface area contributed by atoms with E-state index in [-0.39, 0.29) is 11.5 Å². The number of rotatable bonds is 4. The lowest BCUT2D eigenvalue weighted by atomic mass is 10.3. The van der Waals surface area contributed by atoms with Crippen LogP contribution in [0.3, 0.4) is 0 Å². The molecule has 0 unspecified atom stereocenters. The van der Waals surface area contributed by atoms with Crippen LogP contribution in [0, 0.1) is 0 Å². The van der Waals surface area contributed by atoms with E-state index >= 15 is 0 Å². The van der Waals surface area contributed by atoms with Crippen LogP contribution >= 0.6 is 11.8 Å². The van der Waals surface area contributed by atoms with Crippen LogP contribution in [0.5, 0.6) is 11.5 Å². The first-order valence-electron chi connectivity index (χ1n) is 6.53. The van der Waals surface area contributed by atoms with E-state index in [0.29, 0.717) is 5.75 Å². The highest BCUT2D eigenvalue weighted by Gasteiger charge is 2.11. The van der Waals surface area contributed by atoms with E-state index in [1.165, 1.54) is 6.26 Å². The normalized spacial score (nSPS) is 10.4. The van der Waals surface area contributed by atoms with E-state index in [4.69, 9.17) is 9.15 Å². The minimum atomic E-state index is -0.524. The van der Waals surface area contributed by atoms with Crippen molar-refractivity contribution in [2.75, 3.05) is 0 Å². The summed E-state index contributed by atoms with van der Waals surface area (Å²) in [6.07, 6.45) is 1.42. The second-order valence-electron chi connectivity index (χ2n) is 4.43. The Morgan fingerprint density at radius 1 is 0.955 bits per heavy atom. The Morgan fingerprint density at radius 3 is 2.18 bits per heavy atom. The summed E-state index contributed by atoms with van der Waals surface area (Å²) < 4.78 is 10.2. The van der Waals surface area contributed by atoms with Crippen LogP contribution in [0.1, 0.15) is 10.6 Å². The largest absolute Gasteiger partial charge is 0.508 e. The summed E-state index contributed by atoms with van der Waals surface area (Å²) >= 11 is 1.55. The number of phenolic OH excluding ortho intramolecular Hbond substituents is 1. The molecule has 0 bridgehead atoms. The van der Waals surface area contributed by atoms with Crippen molar-refractivity contribution in [3.05, 3.63) is 72.7 Å². The summed E-state index contributed by atoms with van der Waals surface area (Å²) in [5.74, 6) is 0.340. The van der Waals surface area contributed by atoms with Gasteiger partial charge in [-0.2, -0.15) is 0 Å². The first-order chi connectivity index (χ1) is 10.7. The molecule has 0 saturated carbocycles. The van der Waals surface area contributed by atoms with Crippen LogP contribution in [0.2, 0.25) is 0 Å². The van der Waals surface area contributed by atoms with Gasteiger partial charge in [0.05, 0.1) is 6.26 Å². The van der Waals surface area contributed by atoms with Gasteiger partial charge in [-0.25, -0.2) is 4.79 Å². The van der Waals surface area contributed by atoms with Gasteiger partial charge < -0.3 is 14.3 Å². The Bertz CT molecular complexity index is 746. The van der Waals surface area contributed by atoms with Crippen molar-refractivity contribution >= 4 is 17.7 Å². The minimum absolute atomic E-state index is 0.169. The monoisotopic (exact) mass is 312 g/mol. The van der Waals surface area contributed by atoms with E-state index in [1.54, 1.807) is 48.2 Å². The van der Waals surface area contributed by atoms with Crippen LogP contribution in [0.15, 0.2) is 81.1 Å². The smallest absolute Gasteiger partial charge is 0.379 e. The van der Waals surface area contributed by atoms with Crippen molar-refractivity contribution in [1.82, 2.24) is 0 Å². The molecule has 0 fully saturated rings. The van der Waals surface area contributed by atoms with Crippen molar-refractivity contribution in [3.8, 4) is 11.5 Å². The van der Waals surface area contributed by atoms with Gasteiger partial charge in [-0.3, -0.25) is 0 Å². The average Bonchev–Trinajstić information content (AvgIpc) is 3.06. The van der Waals surface area contributed by atoms with Gasteiger partial charge in [0.25, 0.3) is 0 Å². The number of phenols is 1. The fourth-order valence-electron chi connectivity index (χ4n) is 1.78. The lowest BCUT2D eigenvalue weighted by Crippen LogP contribution is -2.06. The lowest BCUT2D eigenvalue weighted by Gasteiger charge is -2.05. The fourth-order valence-corrected chi connectivity index (χ4v) is 2.59. The molecule has 1 aromatic heterocycles. The Kier molecular flexibility index (Phi) is 4.16. The van der Waals surface area contributed by atoms with Crippen molar-refractivity contribution in [1.29, 1.82) is 0 Å². The average molecular weight is 312 g/mol. The van der Waals surface area contributed by atoms with Crippen LogP contribution in [-0.2, 0) is 0 Å². The molecule has 0 spiro atoms. The fraction of sp³-hybridized carbons (Fsp3) is 0. The molecular formula is C17H12O4S. The highest BCUT2D eigenvalue weighted by atomic mass is 32.2. The highest BCUT2D eigenvalue weighted by Crippen LogP contribution is 2.30. The van der Waals surface area contributed by atoms with Gasteiger partial charge in [-0.15, -0.1) is 0 Å². The number of carbonyl (C=O) groups excluding carboxylic acids is 1. The zero-order valence-electron chi connectivity index (χ0n) is 11.4. The minimum Gasteiger partial charge on any atom is -0.508 e. The van der Waals surface area contributed by atoms with Crippen LogP contribution in [0.25, 0.3) is 0 Å². The third-order valence-corrected chi connectivity index (χ3v) is 3.84. The van der Waals surface area contributed by atoms with Gasteiger partial charge in [-0.05, 0) is 60.7 Å². The van der Waals surface area contributed by atoms with Gasteiger partial charge in [-0.1, -0.05) is 11.8 Å². The third-order valence-electron chi connectivity index (χ3n) is 2.83. The summed E-state index contributed by atoms with van der Waals surface area (Å²) in [5, 5.41) is 9.26. The molecule has 1 N–H and O–H groups in total. The first-order valence-corrected chi connectivity index (χ1v) is 7.35. The molecule has 0 aliphatic rings. The number of hydrogen-bond acceptors (Lipinski definition) is 5. The molecule has 3 rings (SSSR count). The zero-order valence-corrected chi connectivity index (χ0v) is 12.2. The Morgan fingerprint density at radius 2 is 1.59 bits per heavy atom. The van der Waals surface area contributed by atoms with Gasteiger partial charge in [0, 0.05) is 9.79 Å². The van der Waals surface area contributed by atoms with Gasteiger partial charge in [0.2, 0.25) is 5.76 Å². The summed E-state index contributed by atoms with van der Waals surface area (Å²) in [5.41, 5.74) is 0. The summed E-state index contributed by atoms with van der Waals surface area (Å²) in [6, 6.07) is 17.3. The molecule has 0 amide bonds. The molecule has 3 aromatic rings. The van der Waals surface area contributed by atoms with E-state index in [9.17, 15) is 9.90 Å². The second kappa shape index (κ2) is 6.41. The number of aromatic hydroxyl groups is 1. The number of hydrogen-bond donors (Lipinski definition) is 1. The molecule has 110 valence electrons. The van der Waals surface area contributed by atoms with Gasteiger partial charge in [0.15, 0.2) is 0 Å². The first kappa shape index (κ1) is 14.3. The van der Waals surface area contributed by atoms with E-state index in [2.05, 4.69) is 0 Å². The van der Waals surface area contributed by atoms with Crippen molar-refractivity contribution in [3.63, 3.8) is 0 Å². The molecule has 0 saturated heterocycles. The second-order valence-corrected chi connectivity index (χ2v) is 5.58. The molecule has 2 aromatic carbocycles. The van der Waals surface area contributed by atoms with Crippen molar-refractivity contribution < 1.29 is 19.1 Å². The number of benzene rings is 2. The molecular weight excluding hydrogens is 300 g/mol. The van der Waals surface area contributed by atoms with E-state index in [0.717, 1.165) is 9.79 Å². The zero-order chi connectivity index (χ0) is 15.4. The molecule has 1 heterocycles. The number of furan rings is 1. The quantitative estimate of drug-likeness (QED) is 0.573. The van der Waals surface area contributed by atoms with E-state index in [1.807, 2.05) is 24.3 Å². The van der Waals surface area contributed by atoms with Crippen LogP contribution < -0.4 is 4.74 Å². The summed E-state index contributed by atoms with van der Waals surface area (Å²) in [6.45, 7) is 0. The lowest BCUT2D eigenvalue weighted by molar-refractivity contribution is 0.0701.